The fraction of sp³-hybridized carbons (Fsp3) is 0.0105. The minimum absolute atomic E-state index is 0.607. The lowest BCUT2D eigenvalue weighted by Gasteiger charge is -2.13. The zero-order chi connectivity index (χ0) is 70.0. The van der Waals surface area contributed by atoms with Gasteiger partial charge in [-0.15, -0.1) is 0 Å². The normalized spacial score (nSPS) is 11.4. The van der Waals surface area contributed by atoms with Crippen molar-refractivity contribution in [2.75, 3.05) is 0 Å². The van der Waals surface area contributed by atoms with Crippen molar-refractivity contribution in [2.45, 2.75) is 6.42 Å². The number of halogens is 1. The van der Waals surface area contributed by atoms with Crippen LogP contribution in [0.15, 0.2) is 376 Å². The minimum Gasteiger partial charge on any atom is -0.316 e. The largest absolute Gasteiger partial charge is 0.316 e. The molecule has 0 bridgehead atoms. The molecule has 0 amide bonds. The van der Waals surface area contributed by atoms with Crippen LogP contribution in [0, 0.1) is 0 Å². The van der Waals surface area contributed by atoms with E-state index in [1.54, 1.807) is 0 Å². The van der Waals surface area contributed by atoms with Crippen LogP contribution >= 0.6 is 11.6 Å². The number of hydrogen-bond donors (Lipinski definition) is 0. The van der Waals surface area contributed by atoms with Gasteiger partial charge in [0.15, 0.2) is 34.9 Å². The van der Waals surface area contributed by atoms with Crippen molar-refractivity contribution in [3.63, 3.8) is 0 Å². The summed E-state index contributed by atoms with van der Waals surface area (Å²) in [6.07, 6.45) is 5.58. The Morgan fingerprint density at radius 1 is 0.238 bits per heavy atom. The molecule has 9 nitrogen and oxygen atoms in total. The highest BCUT2D eigenvalue weighted by molar-refractivity contribution is 6.30. The lowest BCUT2D eigenvalue weighted by Crippen LogP contribution is -2.01. The van der Waals surface area contributed by atoms with Crippen molar-refractivity contribution in [3.8, 4) is 119 Å². The molecule has 0 spiro atoms. The number of fused-ring (bicyclic) bond motifs is 10. The van der Waals surface area contributed by atoms with Gasteiger partial charge >= 0.3 is 0 Å². The molecule has 20 rings (SSSR count). The molecule has 14 aromatic carbocycles. The number of rotatable bonds is 11. The summed E-state index contributed by atoms with van der Waals surface area (Å²) in [5.41, 5.74) is 24.2. The average Bonchev–Trinajstić information content (AvgIpc) is 1.56. The molecular weight excluding hydrogens is 1300 g/mol. The third kappa shape index (κ3) is 12.4. The van der Waals surface area contributed by atoms with Crippen molar-refractivity contribution >= 4 is 55.2 Å². The maximum atomic E-state index is 6.14. The summed E-state index contributed by atoms with van der Waals surface area (Å²) in [5.74, 6) is 3.80. The van der Waals surface area contributed by atoms with Gasteiger partial charge in [-0.3, -0.25) is 0 Å². The van der Waals surface area contributed by atoms with E-state index in [-0.39, 0.29) is 0 Å². The Morgan fingerprint density at radius 2 is 0.600 bits per heavy atom. The van der Waals surface area contributed by atoms with E-state index in [4.69, 9.17) is 26.6 Å². The van der Waals surface area contributed by atoms with Crippen molar-refractivity contribution in [2.24, 2.45) is 0 Å². The van der Waals surface area contributed by atoms with Gasteiger partial charge in [-0.05, 0) is 88.0 Å². The Kier molecular flexibility index (Phi) is 16.9. The Hall–Kier alpha value is -13.7. The summed E-state index contributed by atoms with van der Waals surface area (Å²) in [5, 5.41) is 5.56. The molecule has 0 radical (unpaired) electrons. The molecule has 1 aliphatic carbocycles. The van der Waals surface area contributed by atoms with Crippen LogP contribution in [0.3, 0.4) is 0 Å². The van der Waals surface area contributed by atoms with Crippen molar-refractivity contribution in [1.82, 2.24) is 43.6 Å². The SMILES string of the molecule is Clc1cccc(-c2nc(-c3ccccc3)nc(-c3ccccc3)n2)c1.c1ccc(-c2cn(-c3ccccc3)c3c4c(ccc23)-c2ccccc2C4)cc1.c1ccc(-c2nc(-c3ccccc3)nc(-c3cccc(-n4c5ccccc5c5ccc6c(-c7ccccc7)cn(-c7ccccc7)c6c54)c3)n2)cc1. The maximum absolute atomic E-state index is 6.14. The first-order valence-electron chi connectivity index (χ1n) is 35.1. The third-order valence-corrected chi connectivity index (χ3v) is 19.7. The highest BCUT2D eigenvalue weighted by Crippen LogP contribution is 2.46. The molecule has 5 aromatic heterocycles. The molecule has 0 atom stereocenters. The zero-order valence-electron chi connectivity index (χ0n) is 56.9. The smallest absolute Gasteiger partial charge is 0.164 e. The Labute approximate surface area is 612 Å². The number of para-hydroxylation sites is 3. The van der Waals surface area contributed by atoms with Crippen LogP contribution in [0.4, 0.5) is 0 Å². The van der Waals surface area contributed by atoms with Crippen LogP contribution in [0.2, 0.25) is 5.02 Å². The molecule has 19 aromatic rings. The molecule has 0 saturated heterocycles. The Balaban J connectivity index is 0.000000124. The number of hydrogen-bond acceptors (Lipinski definition) is 6. The van der Waals surface area contributed by atoms with Gasteiger partial charge in [0.2, 0.25) is 0 Å². The molecule has 496 valence electrons. The average molecular weight is 1370 g/mol. The Morgan fingerprint density at radius 3 is 1.10 bits per heavy atom. The third-order valence-electron chi connectivity index (χ3n) is 19.4. The summed E-state index contributed by atoms with van der Waals surface area (Å²) in [6.45, 7) is 0. The van der Waals surface area contributed by atoms with Crippen LogP contribution in [-0.2, 0) is 6.42 Å². The molecular formula is C95H64ClN9. The molecule has 0 aliphatic heterocycles. The van der Waals surface area contributed by atoms with Crippen LogP contribution in [0.25, 0.3) is 162 Å². The van der Waals surface area contributed by atoms with Gasteiger partial charge in [-0.25, -0.2) is 29.9 Å². The van der Waals surface area contributed by atoms with Crippen molar-refractivity contribution in [3.05, 3.63) is 393 Å². The van der Waals surface area contributed by atoms with Gasteiger partial charge in [-0.1, -0.05) is 321 Å². The zero-order valence-corrected chi connectivity index (χ0v) is 57.7. The fourth-order valence-electron chi connectivity index (χ4n) is 14.6. The second-order valence-electron chi connectivity index (χ2n) is 25.9. The highest BCUT2D eigenvalue weighted by atomic mass is 35.5. The summed E-state index contributed by atoms with van der Waals surface area (Å²) in [6, 6.07) is 125. The molecule has 0 N–H and O–H groups in total. The molecule has 10 heteroatoms. The molecule has 1 aliphatic rings. The van der Waals surface area contributed by atoms with E-state index < -0.39 is 0 Å². The first-order valence-corrected chi connectivity index (χ1v) is 35.5. The fourth-order valence-corrected chi connectivity index (χ4v) is 14.7. The van der Waals surface area contributed by atoms with Gasteiger partial charge in [0.25, 0.3) is 0 Å². The number of nitrogens with zero attached hydrogens (tertiary/aromatic N) is 9. The topological polar surface area (TPSA) is 92.1 Å². The van der Waals surface area contributed by atoms with Crippen molar-refractivity contribution in [1.29, 1.82) is 0 Å². The van der Waals surface area contributed by atoms with E-state index in [0.717, 1.165) is 67.7 Å². The van der Waals surface area contributed by atoms with Gasteiger partial charge < -0.3 is 13.7 Å². The lowest BCUT2D eigenvalue weighted by atomic mass is 9.99. The van der Waals surface area contributed by atoms with Crippen molar-refractivity contribution < 1.29 is 0 Å². The summed E-state index contributed by atoms with van der Waals surface area (Å²) >= 11 is 6.14. The van der Waals surface area contributed by atoms with Crippen LogP contribution in [0.5, 0.6) is 0 Å². The summed E-state index contributed by atoms with van der Waals surface area (Å²) in [7, 11) is 0. The number of aromatic nitrogens is 9. The first kappa shape index (κ1) is 63.4. The summed E-state index contributed by atoms with van der Waals surface area (Å²) in [4.78, 5) is 29.0. The lowest BCUT2D eigenvalue weighted by molar-refractivity contribution is 1.07. The predicted octanol–water partition coefficient (Wildman–Crippen LogP) is 24.0. The van der Waals surface area contributed by atoms with E-state index in [9.17, 15) is 0 Å². The molecule has 5 heterocycles. The minimum atomic E-state index is 0.607. The van der Waals surface area contributed by atoms with Gasteiger partial charge in [0.1, 0.15) is 0 Å². The van der Waals surface area contributed by atoms with Crippen LogP contribution in [0.1, 0.15) is 11.1 Å². The Bertz CT molecular complexity index is 6230. The highest BCUT2D eigenvalue weighted by Gasteiger charge is 2.26. The summed E-state index contributed by atoms with van der Waals surface area (Å²) < 4.78 is 7.13. The van der Waals surface area contributed by atoms with Crippen LogP contribution < -0.4 is 0 Å². The predicted molar refractivity (Wildman–Crippen MR) is 431 cm³/mol. The number of benzene rings is 14. The van der Waals surface area contributed by atoms with E-state index >= 15 is 0 Å². The van der Waals surface area contributed by atoms with E-state index in [1.165, 1.54) is 77.3 Å². The van der Waals surface area contributed by atoms with Crippen LogP contribution in [-0.4, -0.2) is 43.6 Å². The standard InChI is InChI=1S/C47H31N5.C27H19N.C21H14ClN3/c1-5-16-32(17-6-1)41-31-51(36-23-11-4-12-24-36)43-40(41)29-28-39-38-26-13-14-27-42(38)52(44(39)43)37-25-15-22-35(30-37)47-49-45(33-18-7-2-8-19-33)48-46(50-47)34-20-9-3-10-21-34;1-3-9-19(10-4-1)26-18-28(21-12-5-2-6-13-21)27-24(26)16-15-23-22-14-8-7-11-20(22)17-25(23)27;22-18-13-7-12-17(14-18)21-24-19(15-8-3-1-4-9-15)23-20(25-21)16-10-5-2-6-11-16/h1-31H;1-16,18H,17H2;1-14H. The molecule has 105 heavy (non-hydrogen) atoms. The molecule has 0 saturated carbocycles. The van der Waals surface area contributed by atoms with E-state index in [1.807, 2.05) is 146 Å². The van der Waals surface area contributed by atoms with E-state index in [2.05, 4.69) is 259 Å². The maximum Gasteiger partial charge on any atom is 0.164 e. The quantitative estimate of drug-likeness (QED) is 0.128. The van der Waals surface area contributed by atoms with Gasteiger partial charge in [0.05, 0.1) is 22.1 Å². The molecule has 0 fully saturated rings. The first-order chi connectivity index (χ1) is 52.0. The second kappa shape index (κ2) is 28.0. The molecule has 0 unspecified atom stereocenters. The second-order valence-corrected chi connectivity index (χ2v) is 26.3. The monoisotopic (exact) mass is 1370 g/mol. The van der Waals surface area contributed by atoms with E-state index in [0.29, 0.717) is 40.0 Å². The van der Waals surface area contributed by atoms with Gasteiger partial charge in [0, 0.05) is 107 Å². The van der Waals surface area contributed by atoms with Gasteiger partial charge in [-0.2, -0.15) is 0 Å².